The number of carbonyl (C=O) groups is 1. The zero-order valence-electron chi connectivity index (χ0n) is 8.85. The van der Waals surface area contributed by atoms with Gasteiger partial charge in [-0.25, -0.2) is 4.98 Å². The number of carboxylic acid groups (broad SMARTS) is 1. The summed E-state index contributed by atoms with van der Waals surface area (Å²) in [5.74, 6) is -0.705. The second-order valence-electron chi connectivity index (χ2n) is 3.03. The van der Waals surface area contributed by atoms with E-state index in [-0.39, 0.29) is 0 Å². The Hall–Kier alpha value is -1.78. The van der Waals surface area contributed by atoms with Gasteiger partial charge in [-0.3, -0.25) is 4.79 Å². The molecule has 1 unspecified atom stereocenters. The van der Waals surface area contributed by atoms with Crippen molar-refractivity contribution in [3.63, 3.8) is 0 Å². The molecule has 0 bridgehead atoms. The van der Waals surface area contributed by atoms with E-state index < -0.39 is 11.9 Å². The number of aliphatic carboxylic acids is 1. The van der Waals surface area contributed by atoms with Gasteiger partial charge >= 0.3 is 5.97 Å². The highest BCUT2D eigenvalue weighted by atomic mass is 16.5. The summed E-state index contributed by atoms with van der Waals surface area (Å²) in [6.45, 7) is 1.58. The van der Waals surface area contributed by atoms with E-state index in [1.165, 1.54) is 20.4 Å². The van der Waals surface area contributed by atoms with E-state index in [2.05, 4.69) is 4.98 Å². The Morgan fingerprint density at radius 1 is 1.47 bits per heavy atom. The molecular weight excluding hydrogens is 198 g/mol. The van der Waals surface area contributed by atoms with E-state index in [4.69, 9.17) is 14.6 Å². The minimum absolute atomic E-state index is 0.396. The first-order valence-corrected chi connectivity index (χ1v) is 4.41. The summed E-state index contributed by atoms with van der Waals surface area (Å²) in [5, 5.41) is 8.87. The molecule has 1 atom stereocenters. The molecule has 5 nitrogen and oxygen atoms in total. The second kappa shape index (κ2) is 4.63. The van der Waals surface area contributed by atoms with E-state index in [9.17, 15) is 4.79 Å². The van der Waals surface area contributed by atoms with E-state index in [0.717, 1.165) is 0 Å². The van der Waals surface area contributed by atoms with Gasteiger partial charge in [0.25, 0.3) is 0 Å². The van der Waals surface area contributed by atoms with Crippen LogP contribution < -0.4 is 9.47 Å². The van der Waals surface area contributed by atoms with Gasteiger partial charge in [0.2, 0.25) is 5.88 Å². The van der Waals surface area contributed by atoms with Crippen molar-refractivity contribution in [2.45, 2.75) is 12.8 Å². The van der Waals surface area contributed by atoms with Crippen molar-refractivity contribution >= 4 is 5.97 Å². The van der Waals surface area contributed by atoms with E-state index >= 15 is 0 Å². The molecule has 0 amide bonds. The summed E-state index contributed by atoms with van der Waals surface area (Å²) in [4.78, 5) is 14.8. The summed E-state index contributed by atoms with van der Waals surface area (Å²) < 4.78 is 9.99. The molecule has 82 valence electrons. The molecule has 0 radical (unpaired) electrons. The van der Waals surface area contributed by atoms with Crippen molar-refractivity contribution in [2.75, 3.05) is 14.2 Å². The Kier molecular flexibility index (Phi) is 3.49. The van der Waals surface area contributed by atoms with Crippen LogP contribution in [0.15, 0.2) is 12.3 Å². The van der Waals surface area contributed by atoms with Crippen LogP contribution in [0.1, 0.15) is 18.4 Å². The van der Waals surface area contributed by atoms with Gasteiger partial charge in [0, 0.05) is 17.8 Å². The van der Waals surface area contributed by atoms with Crippen molar-refractivity contribution < 1.29 is 19.4 Å². The molecule has 5 heteroatoms. The molecule has 0 saturated heterocycles. The van der Waals surface area contributed by atoms with Gasteiger partial charge in [-0.2, -0.15) is 0 Å². The zero-order chi connectivity index (χ0) is 11.4. The fraction of sp³-hybridized carbons (Fsp3) is 0.400. The Morgan fingerprint density at radius 3 is 2.60 bits per heavy atom. The molecule has 0 aliphatic heterocycles. The van der Waals surface area contributed by atoms with Gasteiger partial charge in [-0.15, -0.1) is 0 Å². The molecule has 0 aromatic carbocycles. The Morgan fingerprint density at radius 2 is 2.13 bits per heavy atom. The molecule has 0 aliphatic carbocycles. The van der Waals surface area contributed by atoms with Crippen LogP contribution in [-0.4, -0.2) is 30.3 Å². The van der Waals surface area contributed by atoms with Gasteiger partial charge in [0.1, 0.15) is 5.75 Å². The monoisotopic (exact) mass is 211 g/mol. The number of nitrogens with zero attached hydrogens (tertiary/aromatic N) is 1. The summed E-state index contributed by atoms with van der Waals surface area (Å²) in [6.07, 6.45) is 1.45. The lowest BCUT2D eigenvalue weighted by molar-refractivity contribution is -0.138. The lowest BCUT2D eigenvalue weighted by Crippen LogP contribution is -2.09. The second-order valence-corrected chi connectivity index (χ2v) is 3.03. The first kappa shape index (κ1) is 11.3. The molecule has 1 aromatic heterocycles. The summed E-state index contributed by atoms with van der Waals surface area (Å²) in [6, 6.07) is 1.56. The minimum Gasteiger partial charge on any atom is -0.496 e. The highest BCUT2D eigenvalue weighted by Gasteiger charge is 2.19. The third kappa shape index (κ3) is 2.37. The topological polar surface area (TPSA) is 68.7 Å². The number of hydrogen-bond donors (Lipinski definition) is 1. The van der Waals surface area contributed by atoms with Crippen molar-refractivity contribution in [1.82, 2.24) is 4.98 Å². The highest BCUT2D eigenvalue weighted by Crippen LogP contribution is 2.28. The van der Waals surface area contributed by atoms with E-state index in [1.807, 2.05) is 0 Å². The molecule has 1 heterocycles. The Labute approximate surface area is 87.7 Å². The molecule has 0 spiro atoms. The average molecular weight is 211 g/mol. The first-order valence-electron chi connectivity index (χ1n) is 4.41. The fourth-order valence-electron chi connectivity index (χ4n) is 1.18. The molecule has 1 N–H and O–H groups in total. The van der Waals surface area contributed by atoms with Gasteiger partial charge < -0.3 is 14.6 Å². The van der Waals surface area contributed by atoms with Crippen molar-refractivity contribution in [3.05, 3.63) is 17.8 Å². The first-order chi connectivity index (χ1) is 7.10. The molecule has 0 fully saturated rings. The summed E-state index contributed by atoms with van der Waals surface area (Å²) in [5.41, 5.74) is 0.533. The van der Waals surface area contributed by atoms with Crippen LogP contribution in [0.3, 0.4) is 0 Å². The van der Waals surface area contributed by atoms with Crippen LogP contribution >= 0.6 is 0 Å². The largest absolute Gasteiger partial charge is 0.496 e. The fourth-order valence-corrected chi connectivity index (χ4v) is 1.18. The minimum atomic E-state index is -0.916. The van der Waals surface area contributed by atoms with Crippen LogP contribution in [0.2, 0.25) is 0 Å². The number of methoxy groups -OCH3 is 2. The maximum absolute atomic E-state index is 10.8. The van der Waals surface area contributed by atoms with Crippen LogP contribution in [0.4, 0.5) is 0 Å². The van der Waals surface area contributed by atoms with Gasteiger partial charge in [0.15, 0.2) is 0 Å². The lowest BCUT2D eigenvalue weighted by Gasteiger charge is -2.12. The molecule has 0 aliphatic rings. The predicted octanol–water partition coefficient (Wildman–Crippen LogP) is 1.29. The van der Waals surface area contributed by atoms with Crippen LogP contribution in [0.5, 0.6) is 11.6 Å². The maximum atomic E-state index is 10.8. The summed E-state index contributed by atoms with van der Waals surface area (Å²) >= 11 is 0. The molecule has 0 saturated carbocycles. The summed E-state index contributed by atoms with van der Waals surface area (Å²) in [7, 11) is 2.97. The average Bonchev–Trinajstić information content (AvgIpc) is 2.27. The predicted molar refractivity (Wildman–Crippen MR) is 53.4 cm³/mol. The molecule has 15 heavy (non-hydrogen) atoms. The number of carboxylic acids is 1. The van der Waals surface area contributed by atoms with Crippen molar-refractivity contribution in [1.29, 1.82) is 0 Å². The van der Waals surface area contributed by atoms with Crippen molar-refractivity contribution in [2.24, 2.45) is 0 Å². The van der Waals surface area contributed by atoms with E-state index in [1.54, 1.807) is 13.0 Å². The van der Waals surface area contributed by atoms with Crippen LogP contribution in [0, 0.1) is 0 Å². The Balaban J connectivity index is 3.12. The molecular formula is C10H13NO4. The third-order valence-corrected chi connectivity index (χ3v) is 2.14. The number of hydrogen-bond acceptors (Lipinski definition) is 4. The van der Waals surface area contributed by atoms with Gasteiger partial charge in [0.05, 0.1) is 20.1 Å². The lowest BCUT2D eigenvalue weighted by atomic mass is 10.0. The number of aromatic nitrogens is 1. The normalized spacial score (nSPS) is 11.9. The van der Waals surface area contributed by atoms with E-state index in [0.29, 0.717) is 17.2 Å². The number of ether oxygens (including phenoxy) is 2. The molecule has 1 rings (SSSR count). The van der Waals surface area contributed by atoms with Crippen molar-refractivity contribution in [3.8, 4) is 11.6 Å². The van der Waals surface area contributed by atoms with Gasteiger partial charge in [-0.1, -0.05) is 0 Å². The van der Waals surface area contributed by atoms with Crippen LogP contribution in [0.25, 0.3) is 0 Å². The highest BCUT2D eigenvalue weighted by molar-refractivity contribution is 5.76. The number of pyridine rings is 1. The van der Waals surface area contributed by atoms with Crippen LogP contribution in [-0.2, 0) is 4.79 Å². The standard InChI is InChI=1S/C10H13NO4/c1-6(10(12)13)7-5-11-9(15-3)4-8(7)14-2/h4-6H,1-3H3,(H,12,13). The number of rotatable bonds is 4. The quantitative estimate of drug-likeness (QED) is 0.812. The Bertz CT molecular complexity index is 364. The maximum Gasteiger partial charge on any atom is 0.310 e. The smallest absolute Gasteiger partial charge is 0.310 e. The van der Waals surface area contributed by atoms with Gasteiger partial charge in [-0.05, 0) is 6.92 Å². The zero-order valence-corrected chi connectivity index (χ0v) is 8.85. The molecule has 1 aromatic rings. The SMILES string of the molecule is COc1cc(OC)c(C(C)C(=O)O)cn1. The third-order valence-electron chi connectivity index (χ3n) is 2.14.